The highest BCUT2D eigenvalue weighted by Gasteiger charge is 2.23. The van der Waals surface area contributed by atoms with Crippen LogP contribution in [-0.4, -0.2) is 26.1 Å². The molecule has 4 heterocycles. The van der Waals surface area contributed by atoms with Gasteiger partial charge in [0.1, 0.15) is 0 Å². The molecule has 124 valence electrons. The van der Waals surface area contributed by atoms with E-state index >= 15 is 0 Å². The lowest BCUT2D eigenvalue weighted by Crippen LogP contribution is -2.33. The molecule has 9 heteroatoms. The number of aromatic nitrogens is 4. The molecule has 0 saturated heterocycles. The van der Waals surface area contributed by atoms with Crippen molar-refractivity contribution >= 4 is 38.7 Å². The molecule has 0 aromatic carbocycles. The summed E-state index contributed by atoms with van der Waals surface area (Å²) in [5, 5.41) is 4.38. The molecule has 24 heavy (non-hydrogen) atoms. The third kappa shape index (κ3) is 2.42. The van der Waals surface area contributed by atoms with E-state index in [2.05, 4.69) is 35.9 Å². The van der Waals surface area contributed by atoms with E-state index in [1.165, 1.54) is 11.8 Å². The van der Waals surface area contributed by atoms with Crippen LogP contribution in [0.15, 0.2) is 14.8 Å². The van der Waals surface area contributed by atoms with Crippen LogP contribution in [0.3, 0.4) is 0 Å². The maximum absolute atomic E-state index is 13.9. The maximum atomic E-state index is 13.9. The summed E-state index contributed by atoms with van der Waals surface area (Å²) >= 11 is 5.02. The van der Waals surface area contributed by atoms with Gasteiger partial charge >= 0.3 is 5.56 Å². The van der Waals surface area contributed by atoms with Crippen LogP contribution in [0.5, 0.6) is 0 Å². The van der Waals surface area contributed by atoms with E-state index in [-0.39, 0.29) is 5.69 Å². The molecule has 1 aliphatic heterocycles. The standard InChI is InChI=1S/C15H13BrFN5OS/c1-7-5-11-18-8(2)12(17)14(23)22(11)20-13(7)21-4-3-9-10(6-21)24-15(16)19-9/h5H,3-4,6H2,1-2H3. The number of thiazole rings is 1. The number of fused-ring (bicyclic) bond motifs is 2. The minimum Gasteiger partial charge on any atom is -0.349 e. The van der Waals surface area contributed by atoms with E-state index in [0.717, 1.165) is 32.7 Å². The Morgan fingerprint density at radius 3 is 2.92 bits per heavy atom. The predicted octanol–water partition coefficient (Wildman–Crippen LogP) is 2.63. The fraction of sp³-hybridized carbons (Fsp3) is 0.333. The summed E-state index contributed by atoms with van der Waals surface area (Å²) in [6, 6.07) is 1.77. The first-order valence-corrected chi connectivity index (χ1v) is 9.01. The second kappa shape index (κ2) is 5.59. The predicted molar refractivity (Wildman–Crippen MR) is 93.3 cm³/mol. The Bertz CT molecular complexity index is 1030. The van der Waals surface area contributed by atoms with Gasteiger partial charge in [-0.25, -0.2) is 9.97 Å². The van der Waals surface area contributed by atoms with Crippen molar-refractivity contribution in [2.24, 2.45) is 0 Å². The first-order valence-electron chi connectivity index (χ1n) is 7.40. The Hall–Kier alpha value is -1.87. The number of halogens is 2. The van der Waals surface area contributed by atoms with E-state index in [1.54, 1.807) is 17.4 Å². The number of aryl methyl sites for hydroxylation is 2. The average Bonchev–Trinajstić information content (AvgIpc) is 2.91. The van der Waals surface area contributed by atoms with Crippen LogP contribution in [0.4, 0.5) is 10.2 Å². The van der Waals surface area contributed by atoms with E-state index in [0.29, 0.717) is 18.0 Å². The van der Waals surface area contributed by atoms with Gasteiger partial charge in [0, 0.05) is 17.8 Å². The third-order valence-corrected chi connectivity index (χ3v) is 5.63. The lowest BCUT2D eigenvalue weighted by atomic mass is 10.1. The first-order chi connectivity index (χ1) is 11.4. The Kier molecular flexibility index (Phi) is 3.65. The molecular weight excluding hydrogens is 397 g/mol. The fourth-order valence-electron chi connectivity index (χ4n) is 2.90. The van der Waals surface area contributed by atoms with Gasteiger partial charge in [-0.1, -0.05) is 0 Å². The van der Waals surface area contributed by atoms with Crippen LogP contribution in [-0.2, 0) is 13.0 Å². The van der Waals surface area contributed by atoms with Crippen LogP contribution in [0, 0.1) is 19.7 Å². The average molecular weight is 410 g/mol. The molecule has 3 aromatic heterocycles. The van der Waals surface area contributed by atoms with Gasteiger partial charge in [0.25, 0.3) is 0 Å². The summed E-state index contributed by atoms with van der Waals surface area (Å²) in [6.07, 6.45) is 0.812. The largest absolute Gasteiger partial charge is 0.349 e. The molecule has 4 rings (SSSR count). The molecule has 6 nitrogen and oxygen atoms in total. The van der Waals surface area contributed by atoms with Crippen molar-refractivity contribution in [3.63, 3.8) is 0 Å². The molecule has 0 aliphatic carbocycles. The zero-order chi connectivity index (χ0) is 17.0. The van der Waals surface area contributed by atoms with E-state index < -0.39 is 11.4 Å². The normalized spacial score (nSPS) is 14.2. The van der Waals surface area contributed by atoms with Crippen molar-refractivity contribution in [1.29, 1.82) is 0 Å². The number of hydrogen-bond acceptors (Lipinski definition) is 6. The summed E-state index contributed by atoms with van der Waals surface area (Å²) in [7, 11) is 0. The Morgan fingerprint density at radius 2 is 2.12 bits per heavy atom. The quantitative estimate of drug-likeness (QED) is 0.617. The summed E-state index contributed by atoms with van der Waals surface area (Å²) in [5.74, 6) is -0.188. The van der Waals surface area contributed by atoms with Crippen molar-refractivity contribution < 1.29 is 4.39 Å². The molecule has 0 radical (unpaired) electrons. The van der Waals surface area contributed by atoms with Crippen LogP contribution < -0.4 is 10.5 Å². The molecule has 0 atom stereocenters. The van der Waals surface area contributed by atoms with Crippen LogP contribution >= 0.6 is 27.3 Å². The topological polar surface area (TPSA) is 63.4 Å². The van der Waals surface area contributed by atoms with E-state index in [9.17, 15) is 9.18 Å². The van der Waals surface area contributed by atoms with Crippen LogP contribution in [0.25, 0.3) is 5.65 Å². The lowest BCUT2D eigenvalue weighted by Gasteiger charge is -2.28. The van der Waals surface area contributed by atoms with E-state index in [1.807, 2.05) is 6.92 Å². The van der Waals surface area contributed by atoms with Crippen molar-refractivity contribution in [2.45, 2.75) is 26.8 Å². The second-order valence-corrected chi connectivity index (χ2v) is 8.11. The van der Waals surface area contributed by atoms with Gasteiger partial charge in [0.05, 0.1) is 17.9 Å². The smallest absolute Gasteiger partial charge is 0.310 e. The van der Waals surface area contributed by atoms with E-state index in [4.69, 9.17) is 0 Å². The SMILES string of the molecule is Cc1cc2nc(C)c(F)c(=O)n2nc1N1CCc2nc(Br)sc2C1. The molecule has 0 N–H and O–H groups in total. The zero-order valence-electron chi connectivity index (χ0n) is 13.0. The van der Waals surface area contributed by atoms with Crippen molar-refractivity contribution in [3.05, 3.63) is 48.0 Å². The monoisotopic (exact) mass is 409 g/mol. The van der Waals surface area contributed by atoms with Gasteiger partial charge < -0.3 is 4.90 Å². The molecule has 0 bridgehead atoms. The van der Waals surface area contributed by atoms with Gasteiger partial charge in [0.2, 0.25) is 5.82 Å². The molecule has 1 aliphatic rings. The van der Waals surface area contributed by atoms with Gasteiger partial charge in [0.15, 0.2) is 15.4 Å². The highest BCUT2D eigenvalue weighted by atomic mass is 79.9. The lowest BCUT2D eigenvalue weighted by molar-refractivity contribution is 0.575. The van der Waals surface area contributed by atoms with Crippen LogP contribution in [0.2, 0.25) is 0 Å². The molecule has 0 fully saturated rings. The molecular formula is C15H13BrFN5OS. The number of anilines is 1. The second-order valence-electron chi connectivity index (χ2n) is 5.75. The third-order valence-electron chi connectivity index (χ3n) is 4.09. The number of hydrogen-bond donors (Lipinski definition) is 0. The fourth-order valence-corrected chi connectivity index (χ4v) is 4.54. The van der Waals surface area contributed by atoms with Crippen molar-refractivity contribution in [3.8, 4) is 0 Å². The summed E-state index contributed by atoms with van der Waals surface area (Å²) in [4.78, 5) is 24.0. The highest BCUT2D eigenvalue weighted by molar-refractivity contribution is 9.11. The Morgan fingerprint density at radius 1 is 1.33 bits per heavy atom. The van der Waals surface area contributed by atoms with Crippen molar-refractivity contribution in [1.82, 2.24) is 19.6 Å². The number of rotatable bonds is 1. The summed E-state index contributed by atoms with van der Waals surface area (Å²) in [5.41, 5.74) is 1.68. The molecule has 0 saturated carbocycles. The van der Waals surface area contributed by atoms with Gasteiger partial charge in [-0.15, -0.1) is 16.4 Å². The maximum Gasteiger partial charge on any atom is 0.310 e. The molecule has 3 aromatic rings. The Balaban J connectivity index is 1.83. The summed E-state index contributed by atoms with van der Waals surface area (Å²) in [6.45, 7) is 4.83. The Labute approximate surface area is 149 Å². The first kappa shape index (κ1) is 15.6. The highest BCUT2D eigenvalue weighted by Crippen LogP contribution is 2.31. The van der Waals surface area contributed by atoms with Gasteiger partial charge in [-0.3, -0.25) is 4.79 Å². The van der Waals surface area contributed by atoms with Gasteiger partial charge in [-0.2, -0.15) is 8.91 Å². The number of nitrogens with zero attached hydrogens (tertiary/aromatic N) is 5. The molecule has 0 unspecified atom stereocenters. The molecule has 0 amide bonds. The van der Waals surface area contributed by atoms with Gasteiger partial charge in [-0.05, 0) is 41.4 Å². The minimum absolute atomic E-state index is 0.0890. The minimum atomic E-state index is -0.859. The van der Waals surface area contributed by atoms with Crippen molar-refractivity contribution in [2.75, 3.05) is 11.4 Å². The summed E-state index contributed by atoms with van der Waals surface area (Å²) < 4.78 is 15.8. The zero-order valence-corrected chi connectivity index (χ0v) is 15.4. The van der Waals surface area contributed by atoms with Crippen LogP contribution in [0.1, 0.15) is 21.8 Å². The molecule has 0 spiro atoms.